The molecule has 2 amide bonds. The molecular weight excluding hydrogens is 529 g/mol. The van der Waals surface area contributed by atoms with Crippen LogP contribution in [0.1, 0.15) is 42.4 Å². The summed E-state index contributed by atoms with van der Waals surface area (Å²) in [4.78, 5) is 18.4. The van der Waals surface area contributed by atoms with E-state index in [9.17, 15) is 23.2 Å². The number of carbonyl (C=O) groups excluding carboxylic acids is 1. The van der Waals surface area contributed by atoms with Crippen molar-refractivity contribution in [1.82, 2.24) is 10.2 Å². The van der Waals surface area contributed by atoms with Crippen molar-refractivity contribution in [3.8, 4) is 6.07 Å². The third kappa shape index (κ3) is 8.58. The van der Waals surface area contributed by atoms with Crippen molar-refractivity contribution in [2.45, 2.75) is 45.3 Å². The number of amides is 2. The molecule has 0 aliphatic heterocycles. The van der Waals surface area contributed by atoms with Crippen LogP contribution >= 0.6 is 11.6 Å². The molecule has 1 aliphatic carbocycles. The van der Waals surface area contributed by atoms with E-state index in [0.717, 1.165) is 16.0 Å². The van der Waals surface area contributed by atoms with Crippen molar-refractivity contribution in [3.05, 3.63) is 81.5 Å². The molecule has 0 radical (unpaired) electrons. The maximum atomic E-state index is 13.0. The summed E-state index contributed by atoms with van der Waals surface area (Å²) >= 11 is 6.24. The molecule has 11 heteroatoms. The summed E-state index contributed by atoms with van der Waals surface area (Å²) in [6.45, 7) is 1.26. The van der Waals surface area contributed by atoms with Gasteiger partial charge in [0.1, 0.15) is 5.84 Å². The second-order valence-corrected chi connectivity index (χ2v) is 9.72. The number of hydrogen-bond acceptors (Lipinski definition) is 5. The number of nitrogens with one attached hydrogen (secondary N) is 2. The van der Waals surface area contributed by atoms with Gasteiger partial charge in [-0.3, -0.25) is 15.3 Å². The third-order valence-corrected chi connectivity index (χ3v) is 6.76. The van der Waals surface area contributed by atoms with Crippen LogP contribution < -0.4 is 11.1 Å². The van der Waals surface area contributed by atoms with Crippen LogP contribution in [0, 0.1) is 29.6 Å². The zero-order chi connectivity index (χ0) is 28.6. The summed E-state index contributed by atoms with van der Waals surface area (Å²) in [6.07, 6.45) is -4.33. The van der Waals surface area contributed by atoms with E-state index in [0.29, 0.717) is 46.8 Å². The Hall–Kier alpha value is -3.84. The first kappa shape index (κ1) is 29.7. The largest absolute Gasteiger partial charge is 0.400 e. The second kappa shape index (κ2) is 13.3. The number of nitriles is 1. The van der Waals surface area contributed by atoms with Crippen molar-refractivity contribution in [3.63, 3.8) is 0 Å². The summed E-state index contributed by atoms with van der Waals surface area (Å²) in [6, 6.07) is 15.3. The van der Waals surface area contributed by atoms with Crippen LogP contribution in [0.5, 0.6) is 0 Å². The predicted octanol–water partition coefficient (Wildman–Crippen LogP) is 6.12. The topological polar surface area (TPSA) is 118 Å². The maximum absolute atomic E-state index is 13.0. The number of carbonyl (C=O) groups is 1. The molecule has 39 heavy (non-hydrogen) atoms. The van der Waals surface area contributed by atoms with Gasteiger partial charge in [-0.1, -0.05) is 59.6 Å². The highest BCUT2D eigenvalue weighted by Gasteiger charge is 2.31. The van der Waals surface area contributed by atoms with E-state index < -0.39 is 25.2 Å². The first-order valence-electron chi connectivity index (χ1n) is 12.4. The van der Waals surface area contributed by atoms with Crippen LogP contribution in [-0.2, 0) is 6.54 Å². The number of rotatable bonds is 7. The average Bonchev–Trinajstić information content (AvgIpc) is 2.90. The Bertz CT molecular complexity index is 1300. The van der Waals surface area contributed by atoms with Gasteiger partial charge < -0.3 is 11.1 Å². The van der Waals surface area contributed by atoms with E-state index in [4.69, 9.17) is 22.7 Å². The maximum Gasteiger partial charge on any atom is 0.390 e. The molecule has 0 saturated heterocycles. The molecule has 206 valence electrons. The van der Waals surface area contributed by atoms with E-state index in [-0.39, 0.29) is 24.8 Å². The number of hydrogen-bond donors (Lipinski definition) is 3. The predicted molar refractivity (Wildman–Crippen MR) is 146 cm³/mol. The lowest BCUT2D eigenvalue weighted by Gasteiger charge is -2.26. The number of benzene rings is 2. The van der Waals surface area contributed by atoms with Crippen LogP contribution in [-0.4, -0.2) is 41.7 Å². The van der Waals surface area contributed by atoms with Gasteiger partial charge in [0.05, 0.1) is 31.5 Å². The van der Waals surface area contributed by atoms with Gasteiger partial charge in [-0.05, 0) is 37.0 Å². The first-order valence-corrected chi connectivity index (χ1v) is 12.8. The summed E-state index contributed by atoms with van der Waals surface area (Å²) < 4.78 is 38.9. The zero-order valence-corrected chi connectivity index (χ0v) is 22.2. The van der Waals surface area contributed by atoms with Gasteiger partial charge in [-0.15, -0.1) is 0 Å². The van der Waals surface area contributed by atoms with E-state index in [1.165, 1.54) is 0 Å². The minimum Gasteiger partial charge on any atom is -0.400 e. The molecule has 1 fully saturated rings. The minimum absolute atomic E-state index is 0.153. The van der Waals surface area contributed by atoms with Crippen molar-refractivity contribution < 1.29 is 18.0 Å². The molecule has 3 rings (SSSR count). The lowest BCUT2D eigenvalue weighted by atomic mass is 9.84. The molecule has 0 bridgehead atoms. The fourth-order valence-corrected chi connectivity index (χ4v) is 4.33. The van der Waals surface area contributed by atoms with Crippen LogP contribution in [0.25, 0.3) is 0 Å². The van der Waals surface area contributed by atoms with Gasteiger partial charge in [0, 0.05) is 35.0 Å². The summed E-state index contributed by atoms with van der Waals surface area (Å²) in [5.41, 5.74) is 10.0. The Morgan fingerprint density at radius 3 is 2.59 bits per heavy atom. The normalized spacial score (nSPS) is 17.8. The summed E-state index contributed by atoms with van der Waals surface area (Å²) in [5, 5.41) is 21.0. The van der Waals surface area contributed by atoms with E-state index in [2.05, 4.69) is 16.4 Å². The number of urea groups is 1. The van der Waals surface area contributed by atoms with Gasteiger partial charge in [0.25, 0.3) is 0 Å². The molecule has 1 aliphatic rings. The Balaban J connectivity index is 1.79. The lowest BCUT2D eigenvalue weighted by molar-refractivity contribution is -0.135. The molecule has 0 aromatic heterocycles. The average molecular weight is 559 g/mol. The first-order chi connectivity index (χ1) is 18.5. The van der Waals surface area contributed by atoms with Crippen molar-refractivity contribution in [1.29, 1.82) is 10.7 Å². The number of allylic oxidation sites excluding steroid dienone is 1. The lowest BCUT2D eigenvalue weighted by Crippen LogP contribution is -2.46. The number of halogens is 4. The van der Waals surface area contributed by atoms with E-state index in [1.807, 2.05) is 25.1 Å². The molecular formula is C28H30ClF3N6O. The Morgan fingerprint density at radius 2 is 1.95 bits per heavy atom. The number of nitrogens with two attached hydrogens (primary N) is 1. The number of alkyl halides is 3. The Morgan fingerprint density at radius 1 is 1.26 bits per heavy atom. The fraction of sp³-hybridized carbons (Fsp3) is 0.357. The number of nitrogens with zero attached hydrogens (tertiary/aromatic N) is 3. The Labute approximate surface area is 230 Å². The molecule has 2 aromatic carbocycles. The van der Waals surface area contributed by atoms with Crippen LogP contribution in [0.3, 0.4) is 0 Å². The zero-order valence-electron chi connectivity index (χ0n) is 21.5. The molecule has 1 atom stereocenters. The van der Waals surface area contributed by atoms with Crippen LogP contribution in [0.4, 0.5) is 18.0 Å². The molecule has 0 heterocycles. The summed E-state index contributed by atoms with van der Waals surface area (Å²) in [5.74, 6) is -0.575. The smallest absolute Gasteiger partial charge is 0.390 e. The molecule has 4 N–H and O–H groups in total. The van der Waals surface area contributed by atoms with Crippen LogP contribution in [0.15, 0.2) is 64.8 Å². The SMILES string of the molecule is Cc1ccc(C(=N)N(CCC(F)(F)F)C(=O)NC/C(N)=C2\CCC(C#N)CC2=NCc2ccccc2Cl)cc1. The van der Waals surface area contributed by atoms with Gasteiger partial charge in [-0.25, -0.2) is 4.79 Å². The fourth-order valence-electron chi connectivity index (χ4n) is 4.14. The minimum atomic E-state index is -4.50. The molecule has 1 saturated carbocycles. The van der Waals surface area contributed by atoms with E-state index in [1.54, 1.807) is 30.3 Å². The van der Waals surface area contributed by atoms with Crippen molar-refractivity contribution in [2.24, 2.45) is 16.6 Å². The third-order valence-electron chi connectivity index (χ3n) is 6.39. The van der Waals surface area contributed by atoms with Gasteiger partial charge in [0.15, 0.2) is 0 Å². The second-order valence-electron chi connectivity index (χ2n) is 9.32. The molecule has 7 nitrogen and oxygen atoms in total. The van der Waals surface area contributed by atoms with Crippen molar-refractivity contribution >= 4 is 29.2 Å². The Kier molecular flexibility index (Phi) is 10.1. The molecule has 0 spiro atoms. The van der Waals surface area contributed by atoms with Gasteiger partial charge in [-0.2, -0.15) is 18.4 Å². The summed E-state index contributed by atoms with van der Waals surface area (Å²) in [7, 11) is 0. The number of aliphatic imine (C=N–C) groups is 1. The van der Waals surface area contributed by atoms with Gasteiger partial charge >= 0.3 is 12.2 Å². The highest BCUT2D eigenvalue weighted by Crippen LogP contribution is 2.28. The monoisotopic (exact) mass is 558 g/mol. The number of aryl methyl sites for hydroxylation is 1. The van der Waals surface area contributed by atoms with Crippen LogP contribution in [0.2, 0.25) is 5.02 Å². The van der Waals surface area contributed by atoms with Gasteiger partial charge in [0.2, 0.25) is 0 Å². The molecule has 1 unspecified atom stereocenters. The quantitative estimate of drug-likeness (QED) is 0.281. The van der Waals surface area contributed by atoms with Crippen molar-refractivity contribution in [2.75, 3.05) is 13.1 Å². The number of amidine groups is 1. The highest BCUT2D eigenvalue weighted by molar-refractivity contribution is 6.31. The highest BCUT2D eigenvalue weighted by atomic mass is 35.5. The van der Waals surface area contributed by atoms with E-state index >= 15 is 0 Å². The molecule has 2 aromatic rings. The standard InChI is InChI=1S/C28H30ClF3N6O/c1-18-6-9-20(10-7-18)26(35)38(13-12-28(30,31)32)27(39)37-17-24(34)22-11-8-19(15-33)14-25(22)36-16-21-4-2-3-5-23(21)29/h2-7,9-10,19,35H,8,11-14,16-17,34H2,1H3,(H,37,39)/b24-22-,35-26?,36-25?.